The van der Waals surface area contributed by atoms with Crippen LogP contribution in [0.25, 0.3) is 0 Å². The van der Waals surface area contributed by atoms with E-state index in [2.05, 4.69) is 5.32 Å². The number of nitro groups is 1. The van der Waals surface area contributed by atoms with Crippen LogP contribution >= 0.6 is 0 Å². The Morgan fingerprint density at radius 3 is 2.81 bits per heavy atom. The van der Waals surface area contributed by atoms with Crippen molar-refractivity contribution < 1.29 is 9.66 Å². The van der Waals surface area contributed by atoms with E-state index >= 15 is 0 Å². The lowest BCUT2D eigenvalue weighted by Crippen LogP contribution is -2.26. The number of hydrogen-bond donors (Lipinski definition) is 1. The van der Waals surface area contributed by atoms with Gasteiger partial charge >= 0.3 is 0 Å². The van der Waals surface area contributed by atoms with Crippen LogP contribution in [0.4, 0.5) is 5.69 Å². The maximum absolute atomic E-state index is 10.9. The van der Waals surface area contributed by atoms with Crippen LogP contribution in [0.3, 0.4) is 0 Å². The fourth-order valence-electron chi connectivity index (χ4n) is 4.00. The molecule has 114 valence electrons. The quantitative estimate of drug-likeness (QED) is 0.646. The molecule has 2 aliphatic rings. The van der Waals surface area contributed by atoms with Gasteiger partial charge < -0.3 is 10.1 Å². The molecule has 2 aliphatic carbocycles. The molecule has 3 rings (SSSR count). The molecule has 3 unspecified atom stereocenters. The third kappa shape index (κ3) is 3.18. The van der Waals surface area contributed by atoms with Gasteiger partial charge in [0.25, 0.3) is 5.69 Å². The molecule has 5 heteroatoms. The third-order valence-electron chi connectivity index (χ3n) is 5.02. The Kier molecular flexibility index (Phi) is 4.10. The molecule has 0 saturated heterocycles. The normalized spacial score (nSPS) is 27.0. The second-order valence-corrected chi connectivity index (χ2v) is 6.36. The fourth-order valence-corrected chi connectivity index (χ4v) is 4.00. The van der Waals surface area contributed by atoms with Gasteiger partial charge in [-0.1, -0.05) is 6.42 Å². The Hall–Kier alpha value is -1.62. The summed E-state index contributed by atoms with van der Waals surface area (Å²) < 4.78 is 5.13. The largest absolute Gasteiger partial charge is 0.496 e. The van der Waals surface area contributed by atoms with E-state index in [1.807, 2.05) is 6.07 Å². The smallest absolute Gasteiger partial charge is 0.273 e. The van der Waals surface area contributed by atoms with Crippen molar-refractivity contribution in [2.24, 2.45) is 17.8 Å². The summed E-state index contributed by atoms with van der Waals surface area (Å²) in [6, 6.07) is 4.94. The van der Waals surface area contributed by atoms with E-state index < -0.39 is 0 Å². The SMILES string of the molecule is COc1cc(CNCC2CC3CCC2C3)cc([N+](=O)[O-])c1. The predicted octanol–water partition coefficient (Wildman–Crippen LogP) is 3.13. The molecular formula is C16H22N2O3. The molecule has 1 aromatic rings. The molecule has 0 heterocycles. The van der Waals surface area contributed by atoms with Crippen molar-refractivity contribution in [1.82, 2.24) is 5.32 Å². The first-order valence-electron chi connectivity index (χ1n) is 7.68. The van der Waals surface area contributed by atoms with E-state index in [4.69, 9.17) is 4.74 Å². The van der Waals surface area contributed by atoms with Crippen molar-refractivity contribution in [2.45, 2.75) is 32.2 Å². The Bertz CT molecular complexity index is 532. The Labute approximate surface area is 124 Å². The minimum Gasteiger partial charge on any atom is -0.496 e. The van der Waals surface area contributed by atoms with Gasteiger partial charge in [-0.25, -0.2) is 0 Å². The Balaban J connectivity index is 1.57. The first-order valence-corrected chi connectivity index (χ1v) is 7.68. The van der Waals surface area contributed by atoms with Crippen LogP contribution < -0.4 is 10.1 Å². The second-order valence-electron chi connectivity index (χ2n) is 6.36. The van der Waals surface area contributed by atoms with Crippen molar-refractivity contribution in [3.05, 3.63) is 33.9 Å². The molecule has 5 nitrogen and oxygen atoms in total. The van der Waals surface area contributed by atoms with Crippen molar-refractivity contribution >= 4 is 5.69 Å². The minimum absolute atomic E-state index is 0.0890. The van der Waals surface area contributed by atoms with Crippen molar-refractivity contribution in [3.63, 3.8) is 0 Å². The topological polar surface area (TPSA) is 64.4 Å². The van der Waals surface area contributed by atoms with Crippen molar-refractivity contribution in [2.75, 3.05) is 13.7 Å². The molecule has 1 aromatic carbocycles. The van der Waals surface area contributed by atoms with Gasteiger partial charge in [0.2, 0.25) is 0 Å². The number of benzene rings is 1. The van der Waals surface area contributed by atoms with Crippen LogP contribution in [0.2, 0.25) is 0 Å². The number of fused-ring (bicyclic) bond motifs is 2. The minimum atomic E-state index is -0.373. The van der Waals surface area contributed by atoms with E-state index in [1.54, 1.807) is 6.07 Å². The molecule has 0 aliphatic heterocycles. The molecule has 1 N–H and O–H groups in total. The Morgan fingerprint density at radius 2 is 2.19 bits per heavy atom. The molecule has 0 amide bonds. The van der Waals surface area contributed by atoms with Crippen LogP contribution in [-0.4, -0.2) is 18.6 Å². The van der Waals surface area contributed by atoms with E-state index in [0.717, 1.165) is 29.9 Å². The summed E-state index contributed by atoms with van der Waals surface area (Å²) in [6.45, 7) is 1.68. The average Bonchev–Trinajstić information content (AvgIpc) is 3.09. The lowest BCUT2D eigenvalue weighted by Gasteiger charge is -2.21. The van der Waals surface area contributed by atoms with Gasteiger partial charge in [-0.3, -0.25) is 10.1 Å². The average molecular weight is 290 g/mol. The highest BCUT2D eigenvalue weighted by Crippen LogP contribution is 2.47. The molecular weight excluding hydrogens is 268 g/mol. The number of ether oxygens (including phenoxy) is 1. The van der Waals surface area contributed by atoms with Gasteiger partial charge in [0, 0.05) is 12.6 Å². The lowest BCUT2D eigenvalue weighted by molar-refractivity contribution is -0.385. The van der Waals surface area contributed by atoms with E-state index in [-0.39, 0.29) is 10.6 Å². The van der Waals surface area contributed by atoms with Crippen LogP contribution in [-0.2, 0) is 6.54 Å². The number of non-ortho nitro benzene ring substituents is 1. The lowest BCUT2D eigenvalue weighted by atomic mass is 9.89. The summed E-state index contributed by atoms with van der Waals surface area (Å²) in [5, 5.41) is 14.4. The molecule has 0 spiro atoms. The molecule has 2 fully saturated rings. The molecule has 21 heavy (non-hydrogen) atoms. The maximum atomic E-state index is 10.9. The number of rotatable bonds is 6. The standard InChI is InChI=1S/C16H22N2O3/c1-21-16-7-12(6-15(8-16)18(19)20)9-17-10-14-5-11-2-3-13(14)4-11/h6-8,11,13-14,17H,2-5,9-10H2,1H3. The van der Waals surface area contributed by atoms with Gasteiger partial charge in [-0.05, 0) is 55.2 Å². The van der Waals surface area contributed by atoms with E-state index in [0.29, 0.717) is 12.3 Å². The summed E-state index contributed by atoms with van der Waals surface area (Å²) in [7, 11) is 1.53. The monoisotopic (exact) mass is 290 g/mol. The Morgan fingerprint density at radius 1 is 1.33 bits per heavy atom. The van der Waals surface area contributed by atoms with Gasteiger partial charge in [-0.15, -0.1) is 0 Å². The maximum Gasteiger partial charge on any atom is 0.273 e. The van der Waals surface area contributed by atoms with E-state index in [1.165, 1.54) is 38.9 Å². The third-order valence-corrected chi connectivity index (χ3v) is 5.02. The summed E-state index contributed by atoms with van der Waals surface area (Å²) in [5.41, 5.74) is 0.996. The number of nitrogens with zero attached hydrogens (tertiary/aromatic N) is 1. The summed E-state index contributed by atoms with van der Waals surface area (Å²) in [4.78, 5) is 10.5. The van der Waals surface area contributed by atoms with Crippen molar-refractivity contribution in [1.29, 1.82) is 0 Å². The zero-order valence-corrected chi connectivity index (χ0v) is 12.4. The fraction of sp³-hybridized carbons (Fsp3) is 0.625. The summed E-state index contributed by atoms with van der Waals surface area (Å²) in [5.74, 6) is 3.20. The number of methoxy groups -OCH3 is 1. The summed E-state index contributed by atoms with van der Waals surface area (Å²) >= 11 is 0. The van der Waals surface area contributed by atoms with Gasteiger partial charge in [0.1, 0.15) is 5.75 Å². The number of nitro benzene ring substituents is 1. The number of nitrogens with one attached hydrogen (secondary N) is 1. The zero-order chi connectivity index (χ0) is 14.8. The van der Waals surface area contributed by atoms with Crippen LogP contribution in [0.5, 0.6) is 5.75 Å². The first-order chi connectivity index (χ1) is 10.2. The summed E-state index contributed by atoms with van der Waals surface area (Å²) in [6.07, 6.45) is 5.58. The highest BCUT2D eigenvalue weighted by Gasteiger charge is 2.38. The number of hydrogen-bond acceptors (Lipinski definition) is 4. The second kappa shape index (κ2) is 6.02. The van der Waals surface area contributed by atoms with E-state index in [9.17, 15) is 10.1 Å². The van der Waals surface area contributed by atoms with Gasteiger partial charge in [0.15, 0.2) is 0 Å². The van der Waals surface area contributed by atoms with Crippen molar-refractivity contribution in [3.8, 4) is 5.75 Å². The molecule has 3 atom stereocenters. The van der Waals surface area contributed by atoms with Crippen LogP contribution in [0.1, 0.15) is 31.2 Å². The molecule has 0 aromatic heterocycles. The zero-order valence-electron chi connectivity index (χ0n) is 12.4. The highest BCUT2D eigenvalue weighted by atomic mass is 16.6. The van der Waals surface area contributed by atoms with Gasteiger partial charge in [0.05, 0.1) is 18.1 Å². The molecule has 2 bridgehead atoms. The van der Waals surface area contributed by atoms with Crippen LogP contribution in [0, 0.1) is 27.9 Å². The first kappa shape index (κ1) is 14.3. The van der Waals surface area contributed by atoms with Crippen LogP contribution in [0.15, 0.2) is 18.2 Å². The predicted molar refractivity (Wildman–Crippen MR) is 80.3 cm³/mol. The highest BCUT2D eigenvalue weighted by molar-refractivity contribution is 5.42. The molecule has 2 saturated carbocycles. The molecule has 0 radical (unpaired) electrons. The van der Waals surface area contributed by atoms with Gasteiger partial charge in [-0.2, -0.15) is 0 Å².